The molecule has 2 aliphatic rings. The molecule has 0 radical (unpaired) electrons. The highest BCUT2D eigenvalue weighted by atomic mass is 16.6. The van der Waals surface area contributed by atoms with Crippen molar-refractivity contribution in [2.45, 2.75) is 37.8 Å². The van der Waals surface area contributed by atoms with Gasteiger partial charge in [0.15, 0.2) is 46.6 Å². The van der Waals surface area contributed by atoms with Crippen LogP contribution in [0.3, 0.4) is 0 Å². The zero-order chi connectivity index (χ0) is 23.6. The van der Waals surface area contributed by atoms with Crippen molar-refractivity contribution >= 4 is 11.7 Å². The molecule has 0 spiro atoms. The first-order valence-electron chi connectivity index (χ1n) is 10.7. The largest absolute Gasteiger partial charge is 0.486 e. The maximum Gasteiger partial charge on any atom is 0.219 e. The van der Waals surface area contributed by atoms with E-state index in [1.807, 2.05) is 6.07 Å². The molecule has 2 heterocycles. The quantitative estimate of drug-likeness (QED) is 0.638. The summed E-state index contributed by atoms with van der Waals surface area (Å²) in [5, 5.41) is 22.1. The van der Waals surface area contributed by atoms with Gasteiger partial charge in [-0.1, -0.05) is 24.3 Å². The lowest BCUT2D eigenvalue weighted by atomic mass is 9.90. The Kier molecular flexibility index (Phi) is 6.44. The molecule has 0 saturated heterocycles. The van der Waals surface area contributed by atoms with E-state index in [1.54, 1.807) is 42.5 Å². The van der Waals surface area contributed by atoms with Crippen LogP contribution in [0.25, 0.3) is 0 Å². The number of nitrogens with zero attached hydrogens (tertiary/aromatic N) is 1. The number of hydrogen-bond acceptors (Lipinski definition) is 8. The molecule has 2 aliphatic heterocycles. The molecule has 0 saturated carbocycles. The number of rotatable bonds is 7. The fourth-order valence-corrected chi connectivity index (χ4v) is 3.86. The SMILES string of the molecule is CC(=O)N(C[C@H](O)[C@H]1COc2ccccc2O1)C[C@](O)(C(C)=O)[C@@H]1COc2ccccc2O1. The molecule has 4 atom stereocenters. The summed E-state index contributed by atoms with van der Waals surface area (Å²) in [7, 11) is 0. The van der Waals surface area contributed by atoms with Gasteiger partial charge in [0, 0.05) is 6.92 Å². The normalized spacial score (nSPS) is 21.5. The van der Waals surface area contributed by atoms with Gasteiger partial charge in [0.05, 0.1) is 13.1 Å². The molecule has 0 fully saturated rings. The summed E-state index contributed by atoms with van der Waals surface area (Å²) in [5.74, 6) is 0.965. The molecule has 2 aromatic rings. The van der Waals surface area contributed by atoms with Crippen molar-refractivity contribution in [2.24, 2.45) is 0 Å². The number of ketones is 1. The summed E-state index contributed by atoms with van der Waals surface area (Å²) in [6.45, 7) is 2.00. The second-order valence-corrected chi connectivity index (χ2v) is 8.23. The number of para-hydroxylation sites is 4. The Morgan fingerprint density at radius 2 is 1.52 bits per heavy atom. The van der Waals surface area contributed by atoms with E-state index >= 15 is 0 Å². The third-order valence-electron chi connectivity index (χ3n) is 5.90. The Bertz CT molecular complexity index is 1030. The Morgan fingerprint density at radius 3 is 2.09 bits per heavy atom. The van der Waals surface area contributed by atoms with Gasteiger partial charge < -0.3 is 34.1 Å². The summed E-state index contributed by atoms with van der Waals surface area (Å²) in [4.78, 5) is 26.1. The molecule has 0 bridgehead atoms. The van der Waals surface area contributed by atoms with E-state index < -0.39 is 35.6 Å². The molecule has 0 aliphatic carbocycles. The zero-order valence-electron chi connectivity index (χ0n) is 18.5. The molecule has 9 heteroatoms. The van der Waals surface area contributed by atoms with Crippen molar-refractivity contribution < 1.29 is 38.7 Å². The van der Waals surface area contributed by atoms with Crippen LogP contribution in [0.5, 0.6) is 23.0 Å². The highest BCUT2D eigenvalue weighted by molar-refractivity contribution is 5.87. The zero-order valence-corrected chi connectivity index (χ0v) is 18.5. The highest BCUT2D eigenvalue weighted by Gasteiger charge is 2.48. The number of aliphatic hydroxyl groups excluding tert-OH is 1. The van der Waals surface area contributed by atoms with Gasteiger partial charge in [-0.3, -0.25) is 9.59 Å². The molecule has 0 unspecified atom stereocenters. The Labute approximate surface area is 191 Å². The number of amides is 1. The second-order valence-electron chi connectivity index (χ2n) is 8.23. The minimum atomic E-state index is -2.05. The van der Waals surface area contributed by atoms with E-state index in [9.17, 15) is 19.8 Å². The van der Waals surface area contributed by atoms with Crippen molar-refractivity contribution in [3.8, 4) is 23.0 Å². The van der Waals surface area contributed by atoms with E-state index in [0.29, 0.717) is 23.0 Å². The Hall–Kier alpha value is -3.30. The van der Waals surface area contributed by atoms with E-state index in [4.69, 9.17) is 18.9 Å². The number of benzene rings is 2. The number of fused-ring (bicyclic) bond motifs is 2. The molecule has 2 aromatic carbocycles. The van der Waals surface area contributed by atoms with Crippen molar-refractivity contribution in [3.05, 3.63) is 48.5 Å². The Balaban J connectivity index is 1.48. The molecule has 0 aromatic heterocycles. The average Bonchev–Trinajstić information content (AvgIpc) is 2.82. The smallest absolute Gasteiger partial charge is 0.219 e. The van der Waals surface area contributed by atoms with Crippen LogP contribution in [0.2, 0.25) is 0 Å². The number of hydrogen-bond donors (Lipinski definition) is 2. The first-order valence-corrected chi connectivity index (χ1v) is 10.7. The summed E-state index contributed by atoms with van der Waals surface area (Å²) < 4.78 is 23.0. The monoisotopic (exact) mass is 457 g/mol. The number of aliphatic hydroxyl groups is 2. The van der Waals surface area contributed by atoms with Gasteiger partial charge >= 0.3 is 0 Å². The fourth-order valence-electron chi connectivity index (χ4n) is 3.86. The van der Waals surface area contributed by atoms with Crippen LogP contribution in [-0.2, 0) is 9.59 Å². The molecule has 176 valence electrons. The maximum atomic E-state index is 12.5. The number of ether oxygens (including phenoxy) is 4. The van der Waals surface area contributed by atoms with Crippen molar-refractivity contribution in [1.82, 2.24) is 4.90 Å². The fraction of sp³-hybridized carbons (Fsp3) is 0.417. The molecular weight excluding hydrogens is 430 g/mol. The van der Waals surface area contributed by atoms with Crippen LogP contribution < -0.4 is 18.9 Å². The van der Waals surface area contributed by atoms with Crippen LogP contribution in [-0.4, -0.2) is 77.0 Å². The average molecular weight is 457 g/mol. The van der Waals surface area contributed by atoms with Crippen molar-refractivity contribution in [3.63, 3.8) is 0 Å². The van der Waals surface area contributed by atoms with Gasteiger partial charge in [-0.05, 0) is 31.2 Å². The topological polar surface area (TPSA) is 115 Å². The van der Waals surface area contributed by atoms with E-state index in [1.165, 1.54) is 18.7 Å². The first-order chi connectivity index (χ1) is 15.8. The van der Waals surface area contributed by atoms with E-state index in [-0.39, 0.29) is 26.3 Å². The second kappa shape index (κ2) is 9.29. The Morgan fingerprint density at radius 1 is 0.970 bits per heavy atom. The molecule has 2 N–H and O–H groups in total. The van der Waals surface area contributed by atoms with Gasteiger partial charge in [0.25, 0.3) is 0 Å². The predicted octanol–water partition coefficient (Wildman–Crippen LogP) is 1.20. The molecular formula is C24H27NO8. The predicted molar refractivity (Wildman–Crippen MR) is 117 cm³/mol. The summed E-state index contributed by atoms with van der Waals surface area (Å²) >= 11 is 0. The molecule has 33 heavy (non-hydrogen) atoms. The highest BCUT2D eigenvalue weighted by Crippen LogP contribution is 2.35. The third-order valence-corrected chi connectivity index (χ3v) is 5.90. The maximum absolute atomic E-state index is 12.5. The van der Waals surface area contributed by atoms with Crippen LogP contribution in [0.4, 0.5) is 0 Å². The van der Waals surface area contributed by atoms with Gasteiger partial charge in [0.1, 0.15) is 19.3 Å². The minimum absolute atomic E-state index is 0.0717. The van der Waals surface area contributed by atoms with Gasteiger partial charge in [-0.15, -0.1) is 0 Å². The lowest BCUT2D eigenvalue weighted by Gasteiger charge is -2.40. The van der Waals surface area contributed by atoms with Crippen LogP contribution in [0.15, 0.2) is 48.5 Å². The summed E-state index contributed by atoms with van der Waals surface area (Å²) in [5.41, 5.74) is -2.05. The number of carbonyl (C=O) groups excluding carboxylic acids is 2. The standard InChI is InChI=1S/C24H27NO8/c1-15(26)24(29,23-13-31-19-8-4-6-10-21(19)33-23)14-25(16(2)27)11-17(28)22-12-30-18-7-3-5-9-20(18)32-22/h3-10,17,22-23,28-29H,11-14H2,1-2H3/t17-,22+,23-,24-/m0/s1. The van der Waals surface area contributed by atoms with Gasteiger partial charge in [-0.25, -0.2) is 0 Å². The van der Waals surface area contributed by atoms with Crippen LogP contribution in [0.1, 0.15) is 13.8 Å². The van der Waals surface area contributed by atoms with Gasteiger partial charge in [0.2, 0.25) is 5.91 Å². The lowest BCUT2D eigenvalue weighted by Crippen LogP contribution is -2.62. The van der Waals surface area contributed by atoms with Gasteiger partial charge in [-0.2, -0.15) is 0 Å². The van der Waals surface area contributed by atoms with Crippen molar-refractivity contribution in [2.75, 3.05) is 26.3 Å². The van der Waals surface area contributed by atoms with Crippen molar-refractivity contribution in [1.29, 1.82) is 0 Å². The first kappa shape index (κ1) is 22.9. The summed E-state index contributed by atoms with van der Waals surface area (Å²) in [6.07, 6.45) is -2.89. The third kappa shape index (κ3) is 4.74. The molecule has 9 nitrogen and oxygen atoms in total. The number of Topliss-reactive ketones (excluding diaryl/α,β-unsaturated/α-hetero) is 1. The van der Waals surface area contributed by atoms with Crippen LogP contribution >= 0.6 is 0 Å². The minimum Gasteiger partial charge on any atom is -0.486 e. The molecule has 4 rings (SSSR count). The number of carbonyl (C=O) groups is 2. The van der Waals surface area contributed by atoms with Crippen LogP contribution in [0, 0.1) is 0 Å². The lowest BCUT2D eigenvalue weighted by molar-refractivity contribution is -0.159. The van der Waals surface area contributed by atoms with E-state index in [0.717, 1.165) is 0 Å². The molecule has 1 amide bonds. The summed E-state index contributed by atoms with van der Waals surface area (Å²) in [6, 6.07) is 14.0. The van der Waals surface area contributed by atoms with E-state index in [2.05, 4.69) is 0 Å².